The van der Waals surface area contributed by atoms with Gasteiger partial charge in [-0.1, -0.05) is 0 Å². The third-order valence-electron chi connectivity index (χ3n) is 1.13. The van der Waals surface area contributed by atoms with Crippen molar-refractivity contribution in [3.8, 4) is 0 Å². The molecule has 1 aliphatic rings. The molecule has 1 heterocycles. The van der Waals surface area contributed by atoms with Crippen molar-refractivity contribution in [2.75, 3.05) is 6.61 Å². The highest BCUT2D eigenvalue weighted by atomic mass is 35.5. The number of amides is 1. The maximum absolute atomic E-state index is 10.7. The van der Waals surface area contributed by atoms with Crippen molar-refractivity contribution in [2.24, 2.45) is 0 Å². The van der Waals surface area contributed by atoms with Crippen LogP contribution in [-0.4, -0.2) is 30.1 Å². The molecule has 0 aromatic carbocycles. The number of alkyl carbamates (subject to hydrolysis) is 1. The lowest BCUT2D eigenvalue weighted by Gasteiger charge is -2.02. The van der Waals surface area contributed by atoms with Gasteiger partial charge in [0.05, 0.1) is 0 Å². The molecule has 12 heavy (non-hydrogen) atoms. The van der Waals surface area contributed by atoms with E-state index in [2.05, 4.69) is 14.8 Å². The number of halogens is 1. The number of hydrogen-bond donors (Lipinski definition) is 1. The van der Waals surface area contributed by atoms with Gasteiger partial charge in [0.1, 0.15) is 6.61 Å². The van der Waals surface area contributed by atoms with Crippen LogP contribution in [0, 0.1) is 0 Å². The summed E-state index contributed by atoms with van der Waals surface area (Å²) in [7, 11) is 0. The summed E-state index contributed by atoms with van der Waals surface area (Å²) in [6.45, 7) is -0.313. The van der Waals surface area contributed by atoms with Gasteiger partial charge in [-0.05, 0) is 0 Å². The summed E-state index contributed by atoms with van der Waals surface area (Å²) in [4.78, 5) is 31.1. The molecule has 0 aliphatic carbocycles. The molecule has 1 rings (SSSR count). The van der Waals surface area contributed by atoms with Crippen molar-refractivity contribution in [1.29, 1.82) is 0 Å². The first kappa shape index (κ1) is 8.79. The summed E-state index contributed by atoms with van der Waals surface area (Å²) < 4.78 is 8.34. The second-order valence-corrected chi connectivity index (χ2v) is 2.26. The zero-order valence-corrected chi connectivity index (χ0v) is 6.46. The molecule has 1 fully saturated rings. The predicted octanol–water partition coefficient (Wildman–Crippen LogP) is -0.00320. The molecule has 0 spiro atoms. The van der Waals surface area contributed by atoms with Gasteiger partial charge in [-0.25, -0.2) is 14.4 Å². The number of carbonyl (C=O) groups excluding carboxylic acids is 3. The van der Waals surface area contributed by atoms with E-state index in [0.29, 0.717) is 0 Å². The molecule has 0 radical (unpaired) electrons. The van der Waals surface area contributed by atoms with Crippen LogP contribution in [0.25, 0.3) is 0 Å². The standard InChI is InChI=1S/C5H4ClNO5/c6-4(9)11-1-2-3(8)12-5(10)7-2/h2H,1H2,(H,7,10)/t2-/m0/s1. The van der Waals surface area contributed by atoms with Gasteiger partial charge < -0.3 is 14.8 Å². The molecular weight excluding hydrogens is 190 g/mol. The predicted molar refractivity (Wildman–Crippen MR) is 35.6 cm³/mol. The van der Waals surface area contributed by atoms with Gasteiger partial charge in [0.25, 0.3) is 0 Å². The largest absolute Gasteiger partial charge is 0.451 e. The van der Waals surface area contributed by atoms with Crippen molar-refractivity contribution in [3.63, 3.8) is 0 Å². The first-order chi connectivity index (χ1) is 5.59. The molecule has 1 aliphatic heterocycles. The van der Waals surface area contributed by atoms with Crippen LogP contribution in [0.15, 0.2) is 0 Å². The van der Waals surface area contributed by atoms with Crippen molar-refractivity contribution in [3.05, 3.63) is 0 Å². The van der Waals surface area contributed by atoms with E-state index in [1.165, 1.54) is 0 Å². The van der Waals surface area contributed by atoms with E-state index in [1.54, 1.807) is 0 Å². The van der Waals surface area contributed by atoms with Crippen molar-refractivity contribution in [2.45, 2.75) is 6.04 Å². The van der Waals surface area contributed by atoms with Gasteiger partial charge in [0.2, 0.25) is 0 Å². The van der Waals surface area contributed by atoms with E-state index >= 15 is 0 Å². The molecular formula is C5H4ClNO5. The minimum atomic E-state index is -1.04. The van der Waals surface area contributed by atoms with E-state index in [1.807, 2.05) is 0 Å². The summed E-state index contributed by atoms with van der Waals surface area (Å²) in [6.07, 6.45) is -0.851. The van der Waals surface area contributed by atoms with Crippen LogP contribution in [-0.2, 0) is 14.3 Å². The fourth-order valence-corrected chi connectivity index (χ4v) is 0.715. The van der Waals surface area contributed by atoms with Crippen LogP contribution in [0.5, 0.6) is 0 Å². The number of ether oxygens (including phenoxy) is 2. The first-order valence-corrected chi connectivity index (χ1v) is 3.32. The Kier molecular flexibility index (Phi) is 2.49. The quantitative estimate of drug-likeness (QED) is 0.379. The number of rotatable bonds is 2. The fraction of sp³-hybridized carbons (Fsp3) is 0.400. The van der Waals surface area contributed by atoms with Gasteiger partial charge in [0.15, 0.2) is 6.04 Å². The summed E-state index contributed by atoms with van der Waals surface area (Å²) in [5, 5.41) is 2.11. The Bertz CT molecular complexity index is 240. The molecule has 0 saturated carbocycles. The fourth-order valence-electron chi connectivity index (χ4n) is 0.652. The normalized spacial score (nSPS) is 21.6. The lowest BCUT2D eigenvalue weighted by molar-refractivity contribution is -0.136. The molecule has 66 valence electrons. The monoisotopic (exact) mass is 193 g/mol. The molecule has 1 N–H and O–H groups in total. The zero-order chi connectivity index (χ0) is 9.14. The molecule has 0 aromatic heterocycles. The lowest BCUT2D eigenvalue weighted by atomic mass is 10.3. The summed E-state index contributed by atoms with van der Waals surface area (Å²) in [5.74, 6) is -0.780. The highest BCUT2D eigenvalue weighted by Crippen LogP contribution is 2.01. The van der Waals surface area contributed by atoms with Crippen LogP contribution < -0.4 is 5.32 Å². The van der Waals surface area contributed by atoms with Gasteiger partial charge in [-0.3, -0.25) is 0 Å². The third kappa shape index (κ3) is 2.09. The van der Waals surface area contributed by atoms with Crippen LogP contribution >= 0.6 is 11.6 Å². The summed E-state index contributed by atoms with van der Waals surface area (Å²) in [6, 6.07) is -0.944. The SMILES string of the molecule is O=C(Cl)OC[C@@H]1NC(=O)OC1=O. The molecule has 1 amide bonds. The topological polar surface area (TPSA) is 81.7 Å². The van der Waals surface area contributed by atoms with Gasteiger partial charge >= 0.3 is 17.5 Å². The molecule has 0 bridgehead atoms. The average molecular weight is 194 g/mol. The Morgan fingerprint density at radius 2 is 2.33 bits per heavy atom. The highest BCUT2D eigenvalue weighted by molar-refractivity contribution is 6.61. The smallest absolute Gasteiger partial charge is 0.415 e. The molecule has 7 heteroatoms. The van der Waals surface area contributed by atoms with E-state index in [-0.39, 0.29) is 6.61 Å². The van der Waals surface area contributed by atoms with E-state index in [9.17, 15) is 14.4 Å². The second-order valence-electron chi connectivity index (χ2n) is 1.95. The Labute approximate surface area is 71.8 Å². The molecule has 1 atom stereocenters. The summed E-state index contributed by atoms with van der Waals surface area (Å²) in [5.41, 5.74) is -1.04. The van der Waals surface area contributed by atoms with Crippen LogP contribution in [0.4, 0.5) is 9.59 Å². The van der Waals surface area contributed by atoms with Crippen molar-refractivity contribution >= 4 is 29.1 Å². The van der Waals surface area contributed by atoms with Crippen LogP contribution in [0.3, 0.4) is 0 Å². The minimum Gasteiger partial charge on any atom is -0.451 e. The number of carbonyl (C=O) groups is 3. The Morgan fingerprint density at radius 1 is 1.67 bits per heavy atom. The first-order valence-electron chi connectivity index (χ1n) is 2.94. The molecule has 0 aromatic rings. The van der Waals surface area contributed by atoms with Crippen molar-refractivity contribution < 1.29 is 23.9 Å². The zero-order valence-electron chi connectivity index (χ0n) is 5.70. The number of esters is 1. The maximum Gasteiger partial charge on any atom is 0.415 e. The Morgan fingerprint density at radius 3 is 2.75 bits per heavy atom. The molecule has 0 unspecified atom stereocenters. The number of nitrogens with one attached hydrogen (secondary N) is 1. The van der Waals surface area contributed by atoms with Crippen LogP contribution in [0.1, 0.15) is 0 Å². The maximum atomic E-state index is 10.7. The second kappa shape index (κ2) is 3.40. The van der Waals surface area contributed by atoms with Crippen LogP contribution in [0.2, 0.25) is 0 Å². The van der Waals surface area contributed by atoms with Gasteiger partial charge in [-0.15, -0.1) is 0 Å². The van der Waals surface area contributed by atoms with Crippen molar-refractivity contribution in [1.82, 2.24) is 5.32 Å². The number of cyclic esters (lactones) is 2. The highest BCUT2D eigenvalue weighted by Gasteiger charge is 2.33. The van der Waals surface area contributed by atoms with E-state index in [0.717, 1.165) is 0 Å². The Hall–Kier alpha value is -1.30. The summed E-state index contributed by atoms with van der Waals surface area (Å²) >= 11 is 4.81. The van der Waals surface area contributed by atoms with E-state index in [4.69, 9.17) is 11.6 Å². The molecule has 6 nitrogen and oxygen atoms in total. The lowest BCUT2D eigenvalue weighted by Crippen LogP contribution is -2.33. The third-order valence-corrected chi connectivity index (χ3v) is 1.24. The van der Waals surface area contributed by atoms with Gasteiger partial charge in [0, 0.05) is 11.6 Å². The van der Waals surface area contributed by atoms with E-state index < -0.39 is 23.5 Å². The number of hydrogen-bond acceptors (Lipinski definition) is 5. The Balaban J connectivity index is 2.38. The average Bonchev–Trinajstić information content (AvgIpc) is 2.26. The minimum absolute atomic E-state index is 0.313. The molecule has 1 saturated heterocycles. The van der Waals surface area contributed by atoms with Gasteiger partial charge in [-0.2, -0.15) is 0 Å².